The minimum absolute atomic E-state index is 0.0749. The fourth-order valence-corrected chi connectivity index (χ4v) is 3.09. The first kappa shape index (κ1) is 18.3. The molecule has 1 aromatic carbocycles. The minimum Gasteiger partial charge on any atom is -0.399 e. The topological polar surface area (TPSA) is 38.8 Å². The van der Waals surface area contributed by atoms with Crippen molar-refractivity contribution in [1.29, 1.82) is 0 Å². The molecule has 3 rings (SSSR count). The molecule has 2 saturated heterocycles. The van der Waals surface area contributed by atoms with Crippen LogP contribution in [0.2, 0.25) is 0 Å². The third-order valence-electron chi connectivity index (χ3n) is 5.49. The monoisotopic (exact) mass is 351 g/mol. The first-order valence-corrected chi connectivity index (χ1v) is 8.55. The van der Waals surface area contributed by atoms with Crippen LogP contribution in [0.15, 0.2) is 18.2 Å². The number of aryl methyl sites for hydroxylation is 1. The number of rotatable bonds is 2. The second-order valence-electron chi connectivity index (χ2n) is 7.99. The number of carbonyl (C=O) groups excluding carboxylic acids is 1. The van der Waals surface area contributed by atoms with Crippen molar-refractivity contribution < 1.29 is 22.9 Å². The summed E-state index contributed by atoms with van der Waals surface area (Å²) in [6.45, 7) is 9.32. The third kappa shape index (κ3) is 3.32. The van der Waals surface area contributed by atoms with Gasteiger partial charge in [-0.25, -0.2) is 8.78 Å². The van der Waals surface area contributed by atoms with Crippen LogP contribution in [0.5, 0.6) is 0 Å². The van der Waals surface area contributed by atoms with Gasteiger partial charge in [-0.15, -0.1) is 0 Å². The van der Waals surface area contributed by atoms with E-state index in [1.807, 2.05) is 40.7 Å². The van der Waals surface area contributed by atoms with E-state index in [1.165, 1.54) is 4.90 Å². The highest BCUT2D eigenvalue weighted by Crippen LogP contribution is 2.36. The van der Waals surface area contributed by atoms with Gasteiger partial charge in [-0.3, -0.25) is 4.79 Å². The predicted octanol–water partition coefficient (Wildman–Crippen LogP) is 2.78. The highest BCUT2D eigenvalue weighted by molar-refractivity contribution is 6.62. The van der Waals surface area contributed by atoms with Gasteiger partial charge in [-0.2, -0.15) is 0 Å². The van der Waals surface area contributed by atoms with E-state index < -0.39 is 30.8 Å². The van der Waals surface area contributed by atoms with E-state index in [4.69, 9.17) is 9.31 Å². The Hall–Kier alpha value is -1.47. The van der Waals surface area contributed by atoms with Crippen LogP contribution < -0.4 is 5.46 Å². The maximum absolute atomic E-state index is 13.4. The molecule has 2 aliphatic rings. The molecule has 25 heavy (non-hydrogen) atoms. The Morgan fingerprint density at radius 3 is 2.28 bits per heavy atom. The van der Waals surface area contributed by atoms with Crippen LogP contribution >= 0.6 is 0 Å². The lowest BCUT2D eigenvalue weighted by Crippen LogP contribution is -2.41. The molecule has 0 atom stereocenters. The van der Waals surface area contributed by atoms with Gasteiger partial charge >= 0.3 is 7.12 Å². The average molecular weight is 351 g/mol. The number of alkyl halides is 2. The Morgan fingerprint density at radius 1 is 1.16 bits per heavy atom. The zero-order chi connectivity index (χ0) is 18.6. The van der Waals surface area contributed by atoms with Crippen molar-refractivity contribution >= 4 is 18.5 Å². The van der Waals surface area contributed by atoms with Gasteiger partial charge in [0.1, 0.15) is 0 Å². The van der Waals surface area contributed by atoms with E-state index in [0.29, 0.717) is 5.56 Å². The molecule has 0 bridgehead atoms. The van der Waals surface area contributed by atoms with Gasteiger partial charge in [0.15, 0.2) is 0 Å². The van der Waals surface area contributed by atoms with E-state index in [9.17, 15) is 13.6 Å². The molecule has 0 radical (unpaired) electrons. The Bertz CT molecular complexity index is 690. The summed E-state index contributed by atoms with van der Waals surface area (Å²) in [5, 5.41) is 0. The van der Waals surface area contributed by atoms with Crippen molar-refractivity contribution in [2.45, 2.75) is 58.2 Å². The summed E-state index contributed by atoms with van der Waals surface area (Å²) in [7, 11) is -0.585. The molecule has 0 spiro atoms. The summed E-state index contributed by atoms with van der Waals surface area (Å²) >= 11 is 0. The Labute approximate surface area is 147 Å². The molecule has 136 valence electrons. The van der Waals surface area contributed by atoms with Crippen LogP contribution in [-0.4, -0.2) is 48.1 Å². The highest BCUT2D eigenvalue weighted by atomic mass is 19.3. The summed E-state index contributed by atoms with van der Waals surface area (Å²) in [5.41, 5.74) is 1.10. The van der Waals surface area contributed by atoms with Crippen molar-refractivity contribution in [3.63, 3.8) is 0 Å². The molecule has 2 aliphatic heterocycles. The Kier molecular flexibility index (Phi) is 4.24. The van der Waals surface area contributed by atoms with E-state index in [2.05, 4.69) is 0 Å². The highest BCUT2D eigenvalue weighted by Gasteiger charge is 2.52. The van der Waals surface area contributed by atoms with E-state index in [-0.39, 0.29) is 18.9 Å². The minimum atomic E-state index is -2.80. The number of benzene rings is 1. The summed E-state index contributed by atoms with van der Waals surface area (Å²) in [6, 6.07) is 5.18. The molecule has 2 fully saturated rings. The van der Waals surface area contributed by atoms with Crippen LogP contribution in [0, 0.1) is 6.92 Å². The standard InChI is InChI=1S/C18H24BF2NO3/c1-12-6-7-13(15(23)22-9-8-18(20,21)11-22)10-14(12)19-24-16(2,3)17(4,5)25-19/h6-7,10H,8-9,11H2,1-5H3. The molecule has 1 amide bonds. The largest absolute Gasteiger partial charge is 0.495 e. The van der Waals surface area contributed by atoms with Gasteiger partial charge in [-0.05, 0) is 52.2 Å². The summed E-state index contributed by atoms with van der Waals surface area (Å²) in [5.74, 6) is -3.18. The number of hydrogen-bond donors (Lipinski definition) is 0. The number of nitrogens with zero attached hydrogens (tertiary/aromatic N) is 1. The lowest BCUT2D eigenvalue weighted by Gasteiger charge is -2.32. The van der Waals surface area contributed by atoms with Crippen LogP contribution in [-0.2, 0) is 9.31 Å². The second kappa shape index (κ2) is 5.78. The first-order chi connectivity index (χ1) is 11.4. The number of amides is 1. The molecule has 1 aromatic rings. The number of carbonyl (C=O) groups is 1. The van der Waals surface area contributed by atoms with Crippen LogP contribution in [0.4, 0.5) is 8.78 Å². The van der Waals surface area contributed by atoms with Crippen molar-refractivity contribution in [3.05, 3.63) is 29.3 Å². The van der Waals surface area contributed by atoms with Gasteiger partial charge < -0.3 is 14.2 Å². The molecule has 0 aliphatic carbocycles. The maximum Gasteiger partial charge on any atom is 0.495 e. The average Bonchev–Trinajstić information content (AvgIpc) is 2.95. The van der Waals surface area contributed by atoms with Gasteiger partial charge in [0.05, 0.1) is 17.7 Å². The van der Waals surface area contributed by atoms with Gasteiger partial charge in [0.25, 0.3) is 11.8 Å². The molecule has 0 unspecified atom stereocenters. The summed E-state index contributed by atoms with van der Waals surface area (Å²) in [4.78, 5) is 13.8. The normalized spacial score (nSPS) is 24.0. The molecule has 0 N–H and O–H groups in total. The molecular weight excluding hydrogens is 327 g/mol. The molecular formula is C18H24BF2NO3. The lowest BCUT2D eigenvalue weighted by atomic mass is 9.75. The third-order valence-corrected chi connectivity index (χ3v) is 5.49. The van der Waals surface area contributed by atoms with Gasteiger partial charge in [-0.1, -0.05) is 11.6 Å². The maximum atomic E-state index is 13.4. The predicted molar refractivity (Wildman–Crippen MR) is 92.4 cm³/mol. The lowest BCUT2D eigenvalue weighted by molar-refractivity contribution is 0.00578. The van der Waals surface area contributed by atoms with E-state index >= 15 is 0 Å². The fourth-order valence-electron chi connectivity index (χ4n) is 3.09. The zero-order valence-corrected chi connectivity index (χ0v) is 15.4. The Balaban J connectivity index is 1.86. The zero-order valence-electron chi connectivity index (χ0n) is 15.4. The summed E-state index contributed by atoms with van der Waals surface area (Å²) in [6.07, 6.45) is -0.283. The molecule has 2 heterocycles. The smallest absolute Gasteiger partial charge is 0.399 e. The van der Waals surface area contributed by atoms with E-state index in [1.54, 1.807) is 12.1 Å². The van der Waals surface area contributed by atoms with E-state index in [0.717, 1.165) is 11.0 Å². The second-order valence-corrected chi connectivity index (χ2v) is 7.99. The van der Waals surface area contributed by atoms with Crippen molar-refractivity contribution in [2.24, 2.45) is 0 Å². The van der Waals surface area contributed by atoms with Crippen LogP contribution in [0.25, 0.3) is 0 Å². The van der Waals surface area contributed by atoms with Gasteiger partial charge in [0.2, 0.25) is 0 Å². The Morgan fingerprint density at radius 2 is 1.76 bits per heavy atom. The van der Waals surface area contributed by atoms with Crippen molar-refractivity contribution in [3.8, 4) is 0 Å². The SMILES string of the molecule is Cc1ccc(C(=O)N2CCC(F)(F)C2)cc1B1OC(C)(C)C(C)(C)O1. The summed E-state index contributed by atoms with van der Waals surface area (Å²) < 4.78 is 38.9. The fraction of sp³-hybridized carbons (Fsp3) is 0.611. The van der Waals surface area contributed by atoms with Crippen molar-refractivity contribution in [1.82, 2.24) is 4.90 Å². The van der Waals surface area contributed by atoms with Gasteiger partial charge in [0, 0.05) is 18.5 Å². The molecule has 4 nitrogen and oxygen atoms in total. The molecule has 0 aromatic heterocycles. The molecule has 7 heteroatoms. The number of likely N-dealkylation sites (tertiary alicyclic amines) is 1. The van der Waals surface area contributed by atoms with Crippen molar-refractivity contribution in [2.75, 3.05) is 13.1 Å². The number of halogens is 2. The molecule has 0 saturated carbocycles. The first-order valence-electron chi connectivity index (χ1n) is 8.55. The number of hydrogen-bond acceptors (Lipinski definition) is 3. The van der Waals surface area contributed by atoms with Crippen LogP contribution in [0.1, 0.15) is 50.0 Å². The van der Waals surface area contributed by atoms with Crippen LogP contribution in [0.3, 0.4) is 0 Å². The quantitative estimate of drug-likeness (QED) is 0.770.